The van der Waals surface area contributed by atoms with Gasteiger partial charge in [-0.1, -0.05) is 0 Å². The number of hydrogen-bond acceptors (Lipinski definition) is 8. The molecule has 28 heavy (non-hydrogen) atoms. The smallest absolute Gasteiger partial charge is 0.333 e. The molecule has 0 saturated heterocycles. The Labute approximate surface area is 156 Å². The molecule has 0 spiro atoms. The van der Waals surface area contributed by atoms with Gasteiger partial charge in [0.25, 0.3) is 11.1 Å². The zero-order valence-corrected chi connectivity index (χ0v) is 15.8. The molecule has 0 aliphatic heterocycles. The third-order valence-corrected chi connectivity index (χ3v) is 4.50. The van der Waals surface area contributed by atoms with Gasteiger partial charge in [-0.05, 0) is 0 Å². The van der Waals surface area contributed by atoms with E-state index in [1.807, 2.05) is 0 Å². The van der Waals surface area contributed by atoms with Crippen LogP contribution in [-0.2, 0) is 35.2 Å². The summed E-state index contributed by atoms with van der Waals surface area (Å²) < 4.78 is 5.32. The molecule has 3 aromatic heterocycles. The van der Waals surface area contributed by atoms with Crippen molar-refractivity contribution in [3.05, 3.63) is 47.2 Å². The first-order chi connectivity index (χ1) is 13.1. The Hall–Kier alpha value is -3.90. The quantitative estimate of drug-likeness (QED) is 0.371. The molecule has 0 saturated carbocycles. The van der Waals surface area contributed by atoms with Crippen LogP contribution < -0.4 is 27.9 Å². The second-order valence-corrected chi connectivity index (χ2v) is 6.19. The summed E-state index contributed by atoms with van der Waals surface area (Å²) in [5.74, 6) is -0.411. The second-order valence-electron chi connectivity index (χ2n) is 6.19. The SMILES string of the molecule is Cn1c(O)c(C=NNc2nc3c(c(=O)n(C)c(=O)n3C)n2C)c(=O)n(C)c1=O. The van der Waals surface area contributed by atoms with Crippen LogP contribution in [0.3, 0.4) is 0 Å². The van der Waals surface area contributed by atoms with Gasteiger partial charge in [0, 0.05) is 35.2 Å². The summed E-state index contributed by atoms with van der Waals surface area (Å²) >= 11 is 0. The first-order valence-corrected chi connectivity index (χ1v) is 7.98. The number of nitrogens with zero attached hydrogens (tertiary/aromatic N) is 7. The fourth-order valence-electron chi connectivity index (χ4n) is 2.75. The molecule has 0 amide bonds. The highest BCUT2D eigenvalue weighted by Crippen LogP contribution is 2.13. The summed E-state index contributed by atoms with van der Waals surface area (Å²) in [6.45, 7) is 0. The van der Waals surface area contributed by atoms with Crippen molar-refractivity contribution in [3.63, 3.8) is 0 Å². The molecule has 2 N–H and O–H groups in total. The predicted molar refractivity (Wildman–Crippen MR) is 101 cm³/mol. The molecule has 0 atom stereocenters. The number of aromatic nitrogens is 6. The minimum Gasteiger partial charge on any atom is -0.494 e. The van der Waals surface area contributed by atoms with Gasteiger partial charge in [-0.15, -0.1) is 0 Å². The Kier molecular flexibility index (Phi) is 4.29. The highest BCUT2D eigenvalue weighted by Gasteiger charge is 2.17. The Morgan fingerprint density at radius 1 is 0.857 bits per heavy atom. The molecule has 0 fully saturated rings. The number of fused-ring (bicyclic) bond motifs is 1. The van der Waals surface area contributed by atoms with Crippen LogP contribution in [0.4, 0.5) is 5.95 Å². The van der Waals surface area contributed by atoms with Crippen LogP contribution in [0.1, 0.15) is 5.56 Å². The lowest BCUT2D eigenvalue weighted by Crippen LogP contribution is -2.38. The normalized spacial score (nSPS) is 11.6. The third-order valence-electron chi connectivity index (χ3n) is 4.50. The molecule has 0 radical (unpaired) electrons. The Morgan fingerprint density at radius 2 is 1.43 bits per heavy atom. The van der Waals surface area contributed by atoms with Gasteiger partial charge in [-0.3, -0.25) is 27.9 Å². The number of aromatic hydroxyl groups is 1. The highest BCUT2D eigenvalue weighted by atomic mass is 16.3. The van der Waals surface area contributed by atoms with Crippen molar-refractivity contribution in [2.45, 2.75) is 0 Å². The average molecular weight is 390 g/mol. The van der Waals surface area contributed by atoms with E-state index in [4.69, 9.17) is 0 Å². The van der Waals surface area contributed by atoms with E-state index in [0.717, 1.165) is 19.9 Å². The van der Waals surface area contributed by atoms with Crippen molar-refractivity contribution in [3.8, 4) is 5.88 Å². The average Bonchev–Trinajstić information content (AvgIpc) is 3.00. The third kappa shape index (κ3) is 2.55. The molecular formula is C15H18N8O5. The van der Waals surface area contributed by atoms with E-state index < -0.39 is 28.4 Å². The summed E-state index contributed by atoms with van der Waals surface area (Å²) in [6, 6.07) is 0. The topological polar surface area (TPSA) is 150 Å². The van der Waals surface area contributed by atoms with E-state index >= 15 is 0 Å². The number of aryl methyl sites for hydroxylation is 2. The molecule has 0 aromatic carbocycles. The first kappa shape index (κ1) is 18.9. The van der Waals surface area contributed by atoms with E-state index in [1.54, 1.807) is 7.05 Å². The summed E-state index contributed by atoms with van der Waals surface area (Å²) in [4.78, 5) is 52.4. The number of imidazole rings is 1. The lowest BCUT2D eigenvalue weighted by atomic mass is 10.3. The van der Waals surface area contributed by atoms with E-state index in [9.17, 15) is 24.3 Å². The van der Waals surface area contributed by atoms with Crippen LogP contribution in [0.5, 0.6) is 5.88 Å². The van der Waals surface area contributed by atoms with Gasteiger partial charge in [0.2, 0.25) is 11.8 Å². The molecule has 148 valence electrons. The minimum absolute atomic E-state index is 0.130. The van der Waals surface area contributed by atoms with E-state index in [2.05, 4.69) is 15.5 Å². The summed E-state index contributed by atoms with van der Waals surface area (Å²) in [5.41, 5.74) is 0.246. The van der Waals surface area contributed by atoms with Crippen LogP contribution in [0.15, 0.2) is 24.3 Å². The first-order valence-electron chi connectivity index (χ1n) is 7.98. The lowest BCUT2D eigenvalue weighted by molar-refractivity contribution is 0.410. The van der Waals surface area contributed by atoms with E-state index in [-0.39, 0.29) is 22.7 Å². The summed E-state index contributed by atoms with van der Waals surface area (Å²) in [5, 5.41) is 13.9. The van der Waals surface area contributed by atoms with Crippen molar-refractivity contribution < 1.29 is 5.11 Å². The molecule has 0 aliphatic carbocycles. The van der Waals surface area contributed by atoms with Crippen molar-refractivity contribution in [1.82, 2.24) is 27.8 Å². The number of hydrazone groups is 1. The van der Waals surface area contributed by atoms with Gasteiger partial charge in [0.05, 0.1) is 6.21 Å². The number of nitrogens with one attached hydrogen (secondary N) is 1. The van der Waals surface area contributed by atoms with Gasteiger partial charge in [0.15, 0.2) is 11.2 Å². The molecule has 3 heterocycles. The molecular weight excluding hydrogens is 372 g/mol. The molecule has 3 rings (SSSR count). The Bertz CT molecular complexity index is 1380. The van der Waals surface area contributed by atoms with Gasteiger partial charge in [-0.2, -0.15) is 10.1 Å². The predicted octanol–water partition coefficient (Wildman–Crippen LogP) is -2.48. The Balaban J connectivity index is 2.08. The van der Waals surface area contributed by atoms with Crippen LogP contribution in [0.2, 0.25) is 0 Å². The number of anilines is 1. The largest absolute Gasteiger partial charge is 0.494 e. The maximum atomic E-state index is 12.3. The van der Waals surface area contributed by atoms with Crippen molar-refractivity contribution in [1.29, 1.82) is 0 Å². The molecule has 13 nitrogen and oxygen atoms in total. The van der Waals surface area contributed by atoms with Crippen molar-refractivity contribution in [2.75, 3.05) is 5.43 Å². The second kappa shape index (κ2) is 6.37. The van der Waals surface area contributed by atoms with Crippen LogP contribution in [-0.4, -0.2) is 39.1 Å². The highest BCUT2D eigenvalue weighted by molar-refractivity contribution is 5.82. The zero-order valence-electron chi connectivity index (χ0n) is 15.8. The lowest BCUT2D eigenvalue weighted by Gasteiger charge is -2.07. The van der Waals surface area contributed by atoms with Crippen molar-refractivity contribution in [2.24, 2.45) is 40.3 Å². The van der Waals surface area contributed by atoms with E-state index in [0.29, 0.717) is 0 Å². The van der Waals surface area contributed by atoms with Gasteiger partial charge < -0.3 is 9.67 Å². The van der Waals surface area contributed by atoms with Crippen LogP contribution in [0, 0.1) is 0 Å². The number of hydrogen-bond donors (Lipinski definition) is 2. The maximum absolute atomic E-state index is 12.3. The monoisotopic (exact) mass is 390 g/mol. The van der Waals surface area contributed by atoms with Gasteiger partial charge in [0.1, 0.15) is 5.56 Å². The van der Waals surface area contributed by atoms with Gasteiger partial charge in [-0.25, -0.2) is 15.0 Å². The van der Waals surface area contributed by atoms with Crippen molar-refractivity contribution >= 4 is 23.3 Å². The van der Waals surface area contributed by atoms with Crippen LogP contribution in [0.25, 0.3) is 11.2 Å². The fourth-order valence-corrected chi connectivity index (χ4v) is 2.75. The maximum Gasteiger partial charge on any atom is 0.333 e. The summed E-state index contributed by atoms with van der Waals surface area (Å²) in [6.07, 6.45) is 1.04. The van der Waals surface area contributed by atoms with Gasteiger partial charge >= 0.3 is 11.4 Å². The molecule has 0 bridgehead atoms. The molecule has 13 heteroatoms. The molecule has 0 aliphatic rings. The Morgan fingerprint density at radius 3 is 2.07 bits per heavy atom. The molecule has 0 unspecified atom stereocenters. The standard InChI is InChI=1S/C15H18N8O5/c1-19-8-9(20(2)14(27)23(5)12(8)26)17-13(19)18-16-6-7-10(24)21(3)15(28)22(4)11(7)25/h6,24H,1-5H3,(H,17,18). The van der Waals surface area contributed by atoms with E-state index in [1.165, 1.54) is 37.3 Å². The fraction of sp³-hybridized carbons (Fsp3) is 0.333. The zero-order chi connectivity index (χ0) is 20.9. The minimum atomic E-state index is -0.729. The number of rotatable bonds is 3. The van der Waals surface area contributed by atoms with Crippen LogP contribution >= 0.6 is 0 Å². The summed E-state index contributed by atoms with van der Waals surface area (Å²) in [7, 11) is 6.99. The molecule has 3 aromatic rings.